The summed E-state index contributed by atoms with van der Waals surface area (Å²) in [6, 6.07) is 0. The smallest absolute Gasteiger partial charge is 0.310 e. The van der Waals surface area contributed by atoms with Crippen molar-refractivity contribution in [2.45, 2.75) is 234 Å². The van der Waals surface area contributed by atoms with Gasteiger partial charge in [0.2, 0.25) is 0 Å². The number of ether oxygens (including phenoxy) is 3. The third-order valence-corrected chi connectivity index (χ3v) is 12.6. The highest BCUT2D eigenvalue weighted by Gasteiger charge is 2.34. The fraction of sp³-hybridized carbons (Fsp3) is 0.656. The van der Waals surface area contributed by atoms with Gasteiger partial charge in [-0.2, -0.15) is 0 Å². The van der Waals surface area contributed by atoms with E-state index in [0.717, 1.165) is 69.8 Å². The Kier molecular flexibility index (Phi) is 40.7. The average molecular weight is 991 g/mol. The zero-order valence-corrected chi connectivity index (χ0v) is 45.9. The standard InChI is InChI=1S/C13H20O2.2C11H18O.C11H16O.C6H10O.C5H10O.C4H6O3/c1-11(8-9-15-12(2)14)10-13-6-4-3-5-7-13;1-10-5-8-12-11(9-10)6-3-2-4-7-11;2*1-10(7-8-12)9-11-5-3-2-4-6-11;7-6-4-2-1-3-5-6;1-5(2)3-4-6;1-3(5)7-4(2)6/h6,8H,3-5,7,9-10H2,1-2H3;5H,2-4,6-9H2,1H3;5,7,12H,2-4,6,8-9H2,1H3;5,7-8H,2-4,6,9H2,1H3;1-5H2;6H,1,3-4H2,2H3;1-2H3/b11-8+;;2*10-7+;;;. The number of allylic oxidation sites excluding steroid dienone is 10. The summed E-state index contributed by atoms with van der Waals surface area (Å²) in [7, 11) is 0. The molecule has 0 atom stereocenters. The minimum Gasteiger partial charge on any atom is -0.462 e. The number of esters is 3. The summed E-state index contributed by atoms with van der Waals surface area (Å²) in [6.07, 6.45) is 48.1. The van der Waals surface area contributed by atoms with Crippen LogP contribution in [0, 0.1) is 0 Å². The summed E-state index contributed by atoms with van der Waals surface area (Å²) in [4.78, 5) is 50.8. The fourth-order valence-electron chi connectivity index (χ4n) is 8.90. The average Bonchev–Trinajstić information content (AvgIpc) is 3.31. The lowest BCUT2D eigenvalue weighted by molar-refractivity contribution is -0.156. The lowest BCUT2D eigenvalue weighted by atomic mass is 9.79. The van der Waals surface area contributed by atoms with Crippen LogP contribution in [0.1, 0.15) is 229 Å². The summed E-state index contributed by atoms with van der Waals surface area (Å²) in [5, 5.41) is 16.8. The molecule has 0 aromatic rings. The van der Waals surface area contributed by atoms with Crippen LogP contribution in [0.15, 0.2) is 93.7 Å². The number of Topliss-reactive ketones (excluding diaryl/α,β-unsaturated/α-hetero) is 1. The molecule has 402 valence electrons. The number of hydrogen-bond acceptors (Lipinski definition) is 10. The van der Waals surface area contributed by atoms with Gasteiger partial charge in [-0.15, -0.1) is 6.58 Å². The van der Waals surface area contributed by atoms with E-state index in [9.17, 15) is 24.0 Å². The van der Waals surface area contributed by atoms with Crippen LogP contribution >= 0.6 is 0 Å². The Hall–Kier alpha value is -4.25. The molecule has 1 aliphatic heterocycles. The third-order valence-electron chi connectivity index (χ3n) is 12.6. The molecule has 1 heterocycles. The summed E-state index contributed by atoms with van der Waals surface area (Å²) >= 11 is 0. The number of rotatable bonds is 12. The van der Waals surface area contributed by atoms with Gasteiger partial charge in [-0.05, 0) is 182 Å². The second-order valence-electron chi connectivity index (χ2n) is 20.0. The van der Waals surface area contributed by atoms with Crippen molar-refractivity contribution in [3.63, 3.8) is 0 Å². The van der Waals surface area contributed by atoms with Gasteiger partial charge in [-0.25, -0.2) is 0 Å². The molecule has 2 fully saturated rings. The van der Waals surface area contributed by atoms with Gasteiger partial charge in [0.1, 0.15) is 18.7 Å². The van der Waals surface area contributed by atoms with Gasteiger partial charge in [-0.3, -0.25) is 24.0 Å². The molecular formula is C61H98O10. The predicted octanol–water partition coefficient (Wildman–Crippen LogP) is 14.8. The van der Waals surface area contributed by atoms with Crippen LogP contribution in [0.25, 0.3) is 0 Å². The number of ketones is 1. The van der Waals surface area contributed by atoms with Crippen LogP contribution < -0.4 is 0 Å². The van der Waals surface area contributed by atoms with Gasteiger partial charge >= 0.3 is 17.9 Å². The first kappa shape index (κ1) is 66.8. The van der Waals surface area contributed by atoms with E-state index in [1.165, 1.54) is 176 Å². The SMILES string of the molecule is C/C(=C\C=O)CC1=CCCCC1.C/C(=C\CO)CC1=CCCCC1.C=C(C)CCO.CC(=O)OC(C)=O.CC(=O)OC/C=C(\C)CC1=CCCCC1.CC1=CCOC2(CCCCC2)C1.O=C1CCCCC1. The van der Waals surface area contributed by atoms with Crippen LogP contribution in [0.4, 0.5) is 0 Å². The molecule has 0 saturated heterocycles. The van der Waals surface area contributed by atoms with Gasteiger partial charge < -0.3 is 24.4 Å². The van der Waals surface area contributed by atoms with Gasteiger partial charge in [0.15, 0.2) is 0 Å². The monoisotopic (exact) mass is 991 g/mol. The van der Waals surface area contributed by atoms with Crippen molar-refractivity contribution in [2.24, 2.45) is 0 Å². The van der Waals surface area contributed by atoms with Gasteiger partial charge in [-0.1, -0.05) is 101 Å². The largest absolute Gasteiger partial charge is 0.462 e. The Morgan fingerprint density at radius 1 is 0.634 bits per heavy atom. The van der Waals surface area contributed by atoms with Crippen LogP contribution in [-0.4, -0.2) is 72.2 Å². The number of aliphatic hydroxyl groups is 2. The zero-order chi connectivity index (χ0) is 53.1. The van der Waals surface area contributed by atoms with Crippen molar-refractivity contribution in [1.29, 1.82) is 0 Å². The highest BCUT2D eigenvalue weighted by molar-refractivity contribution is 5.82. The Morgan fingerprint density at radius 2 is 1.10 bits per heavy atom. The van der Waals surface area contributed by atoms with E-state index in [4.69, 9.17) is 19.7 Å². The quantitative estimate of drug-likeness (QED) is 0.0635. The van der Waals surface area contributed by atoms with Crippen molar-refractivity contribution < 1.29 is 48.4 Å². The highest BCUT2D eigenvalue weighted by atomic mass is 16.6. The lowest BCUT2D eigenvalue weighted by Crippen LogP contribution is -2.37. The number of aldehydes is 1. The molecule has 10 heteroatoms. The molecule has 0 aromatic heterocycles. The Bertz CT molecular complexity index is 1760. The Labute approximate surface area is 431 Å². The van der Waals surface area contributed by atoms with Crippen LogP contribution in [0.2, 0.25) is 0 Å². The predicted molar refractivity (Wildman–Crippen MR) is 292 cm³/mol. The molecule has 0 bridgehead atoms. The first-order valence-corrected chi connectivity index (χ1v) is 26.9. The minimum absolute atomic E-state index is 0.180. The number of carbonyl (C=O) groups is 5. The fourth-order valence-corrected chi connectivity index (χ4v) is 8.90. The summed E-state index contributed by atoms with van der Waals surface area (Å²) < 4.78 is 14.7. The summed E-state index contributed by atoms with van der Waals surface area (Å²) in [6.45, 7) is 19.4. The first-order valence-electron chi connectivity index (χ1n) is 26.9. The van der Waals surface area contributed by atoms with Crippen molar-refractivity contribution in [3.8, 4) is 0 Å². The van der Waals surface area contributed by atoms with E-state index in [1.807, 2.05) is 26.0 Å². The zero-order valence-electron chi connectivity index (χ0n) is 45.9. The molecule has 0 amide bonds. The normalized spacial score (nSPS) is 18.6. The van der Waals surface area contributed by atoms with E-state index in [1.54, 1.807) is 11.6 Å². The van der Waals surface area contributed by atoms with Crippen LogP contribution in [0.5, 0.6) is 0 Å². The van der Waals surface area contributed by atoms with Gasteiger partial charge in [0.25, 0.3) is 0 Å². The van der Waals surface area contributed by atoms with E-state index in [-0.39, 0.29) is 24.8 Å². The third kappa shape index (κ3) is 41.0. The van der Waals surface area contributed by atoms with Gasteiger partial charge in [0, 0.05) is 40.2 Å². The first-order chi connectivity index (χ1) is 33.9. The maximum absolute atomic E-state index is 10.6. The molecule has 2 saturated carbocycles. The molecular weight excluding hydrogens is 893 g/mol. The molecule has 2 N–H and O–H groups in total. The summed E-state index contributed by atoms with van der Waals surface area (Å²) in [5.74, 6) is -0.873. The van der Waals surface area contributed by atoms with Crippen molar-refractivity contribution in [2.75, 3.05) is 26.4 Å². The van der Waals surface area contributed by atoms with Crippen LogP contribution in [-0.2, 0) is 38.2 Å². The van der Waals surface area contributed by atoms with Gasteiger partial charge in [0.05, 0.1) is 18.8 Å². The molecule has 6 aliphatic rings. The van der Waals surface area contributed by atoms with Crippen molar-refractivity contribution >= 4 is 30.0 Å². The molecule has 1 spiro atoms. The number of hydrogen-bond donors (Lipinski definition) is 2. The second-order valence-corrected chi connectivity index (χ2v) is 20.0. The van der Waals surface area contributed by atoms with E-state index in [0.29, 0.717) is 12.4 Å². The van der Waals surface area contributed by atoms with Crippen molar-refractivity contribution in [3.05, 3.63) is 93.7 Å². The van der Waals surface area contributed by atoms with E-state index >= 15 is 0 Å². The van der Waals surface area contributed by atoms with E-state index < -0.39 is 11.9 Å². The van der Waals surface area contributed by atoms with Crippen molar-refractivity contribution in [1.82, 2.24) is 0 Å². The maximum atomic E-state index is 10.6. The molecule has 10 nitrogen and oxygen atoms in total. The topological polar surface area (TPSA) is 154 Å². The second kappa shape index (κ2) is 43.3. The molecule has 0 radical (unpaired) electrons. The summed E-state index contributed by atoms with van der Waals surface area (Å²) in [5.41, 5.74) is 11.2. The minimum atomic E-state index is -0.562. The molecule has 0 unspecified atom stereocenters. The number of aliphatic hydroxyl groups excluding tert-OH is 2. The number of carbonyl (C=O) groups excluding carboxylic acids is 5. The van der Waals surface area contributed by atoms with E-state index in [2.05, 4.69) is 56.4 Å². The maximum Gasteiger partial charge on any atom is 0.310 e. The van der Waals surface area contributed by atoms with Crippen LogP contribution in [0.3, 0.4) is 0 Å². The molecule has 5 aliphatic carbocycles. The molecule has 71 heavy (non-hydrogen) atoms. The molecule has 6 rings (SSSR count). The highest BCUT2D eigenvalue weighted by Crippen LogP contribution is 2.38. The lowest BCUT2D eigenvalue weighted by Gasteiger charge is -2.39. The Morgan fingerprint density at radius 3 is 1.44 bits per heavy atom. The Balaban J connectivity index is 0.000000823. The molecule has 0 aromatic carbocycles.